The molecule has 17 heavy (non-hydrogen) atoms. The average Bonchev–Trinajstić information content (AvgIpc) is 2.24. The number of nitrogens with one attached hydrogen (secondary N) is 2. The lowest BCUT2D eigenvalue weighted by Gasteiger charge is -2.13. The van der Waals surface area contributed by atoms with Gasteiger partial charge in [-0.3, -0.25) is 0 Å². The van der Waals surface area contributed by atoms with Gasteiger partial charge >= 0.3 is 0 Å². The fourth-order valence-electron chi connectivity index (χ4n) is 1.09. The Hall–Kier alpha value is 0.310. The van der Waals surface area contributed by atoms with Gasteiger partial charge in [-0.05, 0) is 56.2 Å². The molecule has 0 atom stereocenters. The summed E-state index contributed by atoms with van der Waals surface area (Å²) < 4.78 is 7.77. The van der Waals surface area contributed by atoms with E-state index in [0.717, 1.165) is 19.1 Å². The topological polar surface area (TPSA) is 33.3 Å². The van der Waals surface area contributed by atoms with E-state index in [-0.39, 0.29) is 0 Å². The van der Waals surface area contributed by atoms with Gasteiger partial charge in [0.05, 0.1) is 12.3 Å². The van der Waals surface area contributed by atoms with Crippen LogP contribution in [0.15, 0.2) is 25.6 Å². The van der Waals surface area contributed by atoms with Gasteiger partial charge in [-0.1, -0.05) is 15.9 Å². The van der Waals surface area contributed by atoms with Crippen molar-refractivity contribution < 1.29 is 4.74 Å². The van der Waals surface area contributed by atoms with Crippen molar-refractivity contribution in [2.24, 2.45) is 0 Å². The first-order chi connectivity index (χ1) is 8.04. The van der Waals surface area contributed by atoms with Crippen molar-refractivity contribution in [1.29, 1.82) is 0 Å². The van der Waals surface area contributed by atoms with Gasteiger partial charge < -0.3 is 15.4 Å². The zero-order valence-electron chi connectivity index (χ0n) is 9.02. The van der Waals surface area contributed by atoms with Gasteiger partial charge in [0, 0.05) is 27.1 Å². The number of ether oxygens (including phenoxy) is 1. The third-order valence-electron chi connectivity index (χ3n) is 1.84. The molecule has 1 rings (SSSR count). The standard InChI is InChI=1S/C10H11Br3N2OS/c1-16-3-2-14-10(17)15-9-7(12)4-6(11)5-8(9)13/h4-5H,2-3H2,1H3,(H2,14,15,17). The smallest absolute Gasteiger partial charge is 0.170 e. The van der Waals surface area contributed by atoms with Gasteiger partial charge in [0.15, 0.2) is 5.11 Å². The van der Waals surface area contributed by atoms with Gasteiger partial charge in [-0.15, -0.1) is 0 Å². The summed E-state index contributed by atoms with van der Waals surface area (Å²) >= 11 is 15.5. The summed E-state index contributed by atoms with van der Waals surface area (Å²) in [6.45, 7) is 1.29. The second kappa shape index (κ2) is 7.68. The summed E-state index contributed by atoms with van der Waals surface area (Å²) in [5.74, 6) is 0. The van der Waals surface area contributed by atoms with Crippen molar-refractivity contribution in [2.75, 3.05) is 25.6 Å². The minimum Gasteiger partial charge on any atom is -0.383 e. The molecule has 0 fully saturated rings. The predicted molar refractivity (Wildman–Crippen MR) is 85.6 cm³/mol. The van der Waals surface area contributed by atoms with Crippen molar-refractivity contribution >= 4 is 70.8 Å². The highest BCUT2D eigenvalue weighted by Crippen LogP contribution is 2.34. The molecule has 1 aromatic carbocycles. The highest BCUT2D eigenvalue weighted by Gasteiger charge is 2.08. The van der Waals surface area contributed by atoms with Gasteiger partial charge in [0.2, 0.25) is 0 Å². The Kier molecular flexibility index (Phi) is 6.94. The molecule has 0 aromatic heterocycles. The lowest BCUT2D eigenvalue weighted by Crippen LogP contribution is -2.31. The minimum atomic E-state index is 0.561. The summed E-state index contributed by atoms with van der Waals surface area (Å²) in [4.78, 5) is 0. The highest BCUT2D eigenvalue weighted by molar-refractivity contribution is 9.11. The van der Waals surface area contributed by atoms with E-state index < -0.39 is 0 Å². The van der Waals surface area contributed by atoms with Crippen LogP contribution >= 0.6 is 60.0 Å². The molecule has 1 aromatic rings. The molecule has 0 saturated carbocycles. The van der Waals surface area contributed by atoms with Crippen molar-refractivity contribution in [2.45, 2.75) is 0 Å². The lowest BCUT2D eigenvalue weighted by molar-refractivity contribution is 0.204. The average molecular weight is 447 g/mol. The van der Waals surface area contributed by atoms with Crippen molar-refractivity contribution in [3.63, 3.8) is 0 Å². The van der Waals surface area contributed by atoms with E-state index in [9.17, 15) is 0 Å². The molecule has 0 bridgehead atoms. The Morgan fingerprint density at radius 3 is 2.41 bits per heavy atom. The van der Waals surface area contributed by atoms with Gasteiger partial charge in [0.25, 0.3) is 0 Å². The molecule has 0 saturated heterocycles. The third-order valence-corrected chi connectivity index (χ3v) is 3.79. The van der Waals surface area contributed by atoms with Crippen LogP contribution in [0, 0.1) is 0 Å². The monoisotopic (exact) mass is 444 g/mol. The van der Waals surface area contributed by atoms with Crippen LogP contribution in [0.3, 0.4) is 0 Å². The molecular weight excluding hydrogens is 436 g/mol. The molecule has 2 N–H and O–H groups in total. The van der Waals surface area contributed by atoms with Crippen LogP contribution in [0.1, 0.15) is 0 Å². The maximum absolute atomic E-state index is 5.17. The van der Waals surface area contributed by atoms with E-state index in [1.54, 1.807) is 7.11 Å². The SMILES string of the molecule is COCCNC(=S)Nc1c(Br)cc(Br)cc1Br. The Bertz CT molecular complexity index is 392. The second-order valence-corrected chi connectivity index (χ2v) is 6.15. The predicted octanol–water partition coefficient (Wildman–Crippen LogP) is 3.91. The summed E-state index contributed by atoms with van der Waals surface area (Å²) in [7, 11) is 1.65. The van der Waals surface area contributed by atoms with E-state index in [0.29, 0.717) is 18.3 Å². The Balaban J connectivity index is 2.65. The van der Waals surface area contributed by atoms with Crippen LogP contribution in [-0.4, -0.2) is 25.4 Å². The molecular formula is C10H11Br3N2OS. The van der Waals surface area contributed by atoms with Gasteiger partial charge in [-0.2, -0.15) is 0 Å². The lowest BCUT2D eigenvalue weighted by atomic mass is 10.3. The fourth-order valence-corrected chi connectivity index (χ4v) is 3.75. The normalized spacial score (nSPS) is 10.1. The van der Waals surface area contributed by atoms with Crippen LogP contribution in [0.4, 0.5) is 5.69 Å². The largest absolute Gasteiger partial charge is 0.383 e. The summed E-state index contributed by atoms with van der Waals surface area (Å²) in [6.07, 6.45) is 0. The molecule has 0 aliphatic rings. The van der Waals surface area contributed by atoms with E-state index >= 15 is 0 Å². The molecule has 0 amide bonds. The van der Waals surface area contributed by atoms with Crippen molar-refractivity contribution in [3.8, 4) is 0 Å². The van der Waals surface area contributed by atoms with Gasteiger partial charge in [-0.25, -0.2) is 0 Å². The maximum Gasteiger partial charge on any atom is 0.170 e. The quantitative estimate of drug-likeness (QED) is 0.542. The minimum absolute atomic E-state index is 0.561. The zero-order valence-corrected chi connectivity index (χ0v) is 14.6. The van der Waals surface area contributed by atoms with Crippen LogP contribution in [0.5, 0.6) is 0 Å². The van der Waals surface area contributed by atoms with Crippen molar-refractivity contribution in [1.82, 2.24) is 5.32 Å². The molecule has 94 valence electrons. The van der Waals surface area contributed by atoms with Crippen molar-refractivity contribution in [3.05, 3.63) is 25.6 Å². The number of thiocarbonyl (C=S) groups is 1. The molecule has 0 aliphatic carbocycles. The first-order valence-corrected chi connectivity index (χ1v) is 7.51. The Morgan fingerprint density at radius 2 is 1.88 bits per heavy atom. The second-order valence-electron chi connectivity index (χ2n) is 3.12. The third kappa shape index (κ3) is 5.21. The molecule has 0 heterocycles. The van der Waals surface area contributed by atoms with Crippen LogP contribution in [0.25, 0.3) is 0 Å². The first-order valence-electron chi connectivity index (χ1n) is 4.73. The Labute approximate surface area is 131 Å². The number of hydrogen-bond donors (Lipinski definition) is 2. The number of hydrogen-bond acceptors (Lipinski definition) is 2. The number of benzene rings is 1. The Morgan fingerprint density at radius 1 is 1.29 bits per heavy atom. The van der Waals surface area contributed by atoms with Gasteiger partial charge in [0.1, 0.15) is 0 Å². The summed E-state index contributed by atoms with van der Waals surface area (Å²) in [5, 5.41) is 6.72. The first kappa shape index (κ1) is 15.4. The summed E-state index contributed by atoms with van der Waals surface area (Å²) in [6, 6.07) is 3.90. The van der Waals surface area contributed by atoms with Crippen LogP contribution in [0.2, 0.25) is 0 Å². The van der Waals surface area contributed by atoms with Crippen LogP contribution in [-0.2, 0) is 4.74 Å². The van der Waals surface area contributed by atoms with E-state index in [2.05, 4.69) is 58.4 Å². The summed E-state index contributed by atoms with van der Waals surface area (Å²) in [5.41, 5.74) is 0.892. The van der Waals surface area contributed by atoms with Crippen LogP contribution < -0.4 is 10.6 Å². The number of rotatable bonds is 4. The number of halogens is 3. The maximum atomic E-state index is 5.17. The molecule has 0 spiro atoms. The highest BCUT2D eigenvalue weighted by atomic mass is 79.9. The molecule has 0 unspecified atom stereocenters. The molecule has 0 aliphatic heterocycles. The van der Waals surface area contributed by atoms with E-state index in [1.807, 2.05) is 12.1 Å². The molecule has 7 heteroatoms. The van der Waals surface area contributed by atoms with E-state index in [1.165, 1.54) is 0 Å². The number of anilines is 1. The zero-order chi connectivity index (χ0) is 12.8. The molecule has 3 nitrogen and oxygen atoms in total. The fraction of sp³-hybridized carbons (Fsp3) is 0.300. The number of methoxy groups -OCH3 is 1. The van der Waals surface area contributed by atoms with E-state index in [4.69, 9.17) is 17.0 Å². The molecule has 0 radical (unpaired) electrons.